The Balaban J connectivity index is 2.10. The molecule has 6 nitrogen and oxygen atoms in total. The second-order valence-electron chi connectivity index (χ2n) is 4.67. The lowest BCUT2D eigenvalue weighted by Gasteiger charge is -2.35. The molecule has 1 aromatic heterocycles. The van der Waals surface area contributed by atoms with Crippen LogP contribution in [0.15, 0.2) is 16.9 Å². The van der Waals surface area contributed by atoms with Crippen LogP contribution in [0.25, 0.3) is 0 Å². The van der Waals surface area contributed by atoms with E-state index in [0.717, 1.165) is 25.8 Å². The molecule has 0 radical (unpaired) electrons. The first-order valence-electron chi connectivity index (χ1n) is 6.24. The number of nitrogens with one attached hydrogen (secondary N) is 3. The highest BCUT2D eigenvalue weighted by molar-refractivity contribution is 5.94. The first kappa shape index (κ1) is 12.8. The quantitative estimate of drug-likeness (QED) is 0.728. The average Bonchev–Trinajstić information content (AvgIpc) is 2.42. The summed E-state index contributed by atoms with van der Waals surface area (Å²) in [7, 11) is 0. The van der Waals surface area contributed by atoms with Crippen molar-refractivity contribution >= 4 is 11.7 Å². The first-order chi connectivity index (χ1) is 8.66. The van der Waals surface area contributed by atoms with Gasteiger partial charge in [0.05, 0.1) is 5.41 Å². The lowest BCUT2D eigenvalue weighted by Crippen LogP contribution is -2.47. The number of carbonyl (C=O) groups is 1. The largest absolute Gasteiger partial charge is 0.316 e. The number of carbonyl (C=O) groups excluding carboxylic acids is 1. The minimum atomic E-state index is -0.365. The molecule has 3 N–H and O–H groups in total. The molecule has 1 amide bonds. The van der Waals surface area contributed by atoms with Crippen molar-refractivity contribution in [2.75, 3.05) is 18.4 Å². The summed E-state index contributed by atoms with van der Waals surface area (Å²) in [5.41, 5.74) is -0.645. The Morgan fingerprint density at radius 1 is 1.56 bits per heavy atom. The Morgan fingerprint density at radius 3 is 2.94 bits per heavy atom. The summed E-state index contributed by atoms with van der Waals surface area (Å²) < 4.78 is 0. The molecule has 2 rings (SSSR count). The number of amides is 1. The number of H-pyrrole nitrogens is 1. The van der Waals surface area contributed by atoms with Crippen molar-refractivity contribution in [2.45, 2.75) is 26.2 Å². The van der Waals surface area contributed by atoms with Crippen molar-refractivity contribution in [1.29, 1.82) is 0 Å². The Bertz CT molecular complexity index is 457. The molecule has 0 aliphatic carbocycles. The molecule has 1 aliphatic heterocycles. The van der Waals surface area contributed by atoms with Gasteiger partial charge in [0.2, 0.25) is 5.91 Å². The predicted molar refractivity (Wildman–Crippen MR) is 68.3 cm³/mol. The van der Waals surface area contributed by atoms with Gasteiger partial charge in [-0.1, -0.05) is 6.92 Å². The Morgan fingerprint density at radius 2 is 2.39 bits per heavy atom. The molecule has 0 aromatic carbocycles. The molecule has 0 saturated carbocycles. The summed E-state index contributed by atoms with van der Waals surface area (Å²) in [6.45, 7) is 3.68. The molecule has 6 heteroatoms. The van der Waals surface area contributed by atoms with Gasteiger partial charge in [0.15, 0.2) is 5.82 Å². The zero-order valence-corrected chi connectivity index (χ0v) is 10.5. The fourth-order valence-electron chi connectivity index (χ4n) is 2.29. The van der Waals surface area contributed by atoms with Crippen LogP contribution in [0.2, 0.25) is 0 Å². The SMILES string of the molecule is CCC1(C(=O)Nc2ccc(=O)[nH]n2)CCCNC1. The molecule has 18 heavy (non-hydrogen) atoms. The van der Waals surface area contributed by atoms with Gasteiger partial charge >= 0.3 is 0 Å². The molecule has 2 heterocycles. The lowest BCUT2D eigenvalue weighted by atomic mass is 9.77. The number of hydrogen-bond donors (Lipinski definition) is 3. The molecule has 1 atom stereocenters. The van der Waals surface area contributed by atoms with Gasteiger partial charge in [-0.2, -0.15) is 5.10 Å². The van der Waals surface area contributed by atoms with Crippen LogP contribution in [0, 0.1) is 5.41 Å². The van der Waals surface area contributed by atoms with Crippen LogP contribution >= 0.6 is 0 Å². The van der Waals surface area contributed by atoms with E-state index in [4.69, 9.17) is 0 Å². The topological polar surface area (TPSA) is 86.9 Å². The van der Waals surface area contributed by atoms with Gasteiger partial charge in [-0.25, -0.2) is 5.10 Å². The fourth-order valence-corrected chi connectivity index (χ4v) is 2.29. The average molecular weight is 250 g/mol. The summed E-state index contributed by atoms with van der Waals surface area (Å²) >= 11 is 0. The monoisotopic (exact) mass is 250 g/mol. The molecule has 1 unspecified atom stereocenters. The van der Waals surface area contributed by atoms with Gasteiger partial charge in [0.1, 0.15) is 0 Å². The maximum Gasteiger partial charge on any atom is 0.264 e. The maximum atomic E-state index is 12.3. The molecule has 1 fully saturated rings. The van der Waals surface area contributed by atoms with E-state index in [1.807, 2.05) is 6.92 Å². The highest BCUT2D eigenvalue weighted by Gasteiger charge is 2.37. The van der Waals surface area contributed by atoms with Crippen LogP contribution in [-0.2, 0) is 4.79 Å². The normalized spacial score (nSPS) is 23.6. The van der Waals surface area contributed by atoms with Crippen LogP contribution in [0.1, 0.15) is 26.2 Å². The zero-order valence-electron chi connectivity index (χ0n) is 10.5. The second kappa shape index (κ2) is 5.30. The summed E-state index contributed by atoms with van der Waals surface area (Å²) in [4.78, 5) is 23.2. The first-order valence-corrected chi connectivity index (χ1v) is 6.24. The molecule has 0 spiro atoms. The van der Waals surface area contributed by atoms with Crippen molar-refractivity contribution in [2.24, 2.45) is 5.41 Å². The summed E-state index contributed by atoms with van der Waals surface area (Å²) in [5.74, 6) is 0.356. The minimum absolute atomic E-state index is 0.0308. The summed E-state index contributed by atoms with van der Waals surface area (Å²) in [6, 6.07) is 2.86. The van der Waals surface area contributed by atoms with Crippen molar-refractivity contribution < 1.29 is 4.79 Å². The predicted octanol–water partition coefficient (Wildman–Crippen LogP) is 0.488. The van der Waals surface area contributed by atoms with E-state index >= 15 is 0 Å². The van der Waals surface area contributed by atoms with Crippen molar-refractivity contribution in [1.82, 2.24) is 15.5 Å². The van der Waals surface area contributed by atoms with E-state index in [1.54, 1.807) is 0 Å². The minimum Gasteiger partial charge on any atom is -0.316 e. The number of rotatable bonds is 3. The summed E-state index contributed by atoms with van der Waals surface area (Å²) in [5, 5.41) is 12.1. The third-order valence-electron chi connectivity index (χ3n) is 3.55. The van der Waals surface area contributed by atoms with E-state index in [0.29, 0.717) is 12.4 Å². The van der Waals surface area contributed by atoms with Crippen molar-refractivity contribution in [3.05, 3.63) is 22.5 Å². The van der Waals surface area contributed by atoms with Crippen molar-refractivity contribution in [3.8, 4) is 0 Å². The molecular weight excluding hydrogens is 232 g/mol. The van der Waals surface area contributed by atoms with Gasteiger partial charge in [-0.15, -0.1) is 0 Å². The van der Waals surface area contributed by atoms with Crippen LogP contribution in [0.4, 0.5) is 5.82 Å². The van der Waals surface area contributed by atoms with Crippen LogP contribution in [0.3, 0.4) is 0 Å². The van der Waals surface area contributed by atoms with E-state index < -0.39 is 0 Å². The molecule has 0 bridgehead atoms. The van der Waals surface area contributed by atoms with Gasteiger partial charge in [-0.05, 0) is 31.9 Å². The van der Waals surface area contributed by atoms with Gasteiger partial charge in [0.25, 0.3) is 5.56 Å². The number of nitrogens with zero attached hydrogens (tertiary/aromatic N) is 1. The Hall–Kier alpha value is -1.69. The van der Waals surface area contributed by atoms with Gasteiger partial charge < -0.3 is 10.6 Å². The molecule has 1 aliphatic rings. The highest BCUT2D eigenvalue weighted by Crippen LogP contribution is 2.31. The van der Waals surface area contributed by atoms with Crippen LogP contribution in [-0.4, -0.2) is 29.2 Å². The number of piperidine rings is 1. The number of aromatic amines is 1. The number of anilines is 1. The third-order valence-corrected chi connectivity index (χ3v) is 3.55. The van der Waals surface area contributed by atoms with E-state index in [-0.39, 0.29) is 16.9 Å². The van der Waals surface area contributed by atoms with Crippen LogP contribution < -0.4 is 16.2 Å². The van der Waals surface area contributed by atoms with Crippen LogP contribution in [0.5, 0.6) is 0 Å². The highest BCUT2D eigenvalue weighted by atomic mass is 16.2. The van der Waals surface area contributed by atoms with Gasteiger partial charge in [-0.3, -0.25) is 9.59 Å². The lowest BCUT2D eigenvalue weighted by molar-refractivity contribution is -0.126. The number of hydrogen-bond acceptors (Lipinski definition) is 4. The molecule has 1 saturated heterocycles. The summed E-state index contributed by atoms with van der Waals surface area (Å²) in [6.07, 6.45) is 2.67. The van der Waals surface area contributed by atoms with E-state index in [2.05, 4.69) is 20.8 Å². The maximum absolute atomic E-state index is 12.3. The number of aromatic nitrogens is 2. The van der Waals surface area contributed by atoms with E-state index in [9.17, 15) is 9.59 Å². The molecule has 1 aromatic rings. The smallest absolute Gasteiger partial charge is 0.264 e. The molecular formula is C12H18N4O2. The molecule has 98 valence electrons. The standard InChI is InChI=1S/C12H18N4O2/c1-2-12(6-3-7-13-8-12)11(18)14-9-4-5-10(17)16-15-9/h4-5,13H,2-3,6-8H2,1H3,(H,16,17)(H,14,15,18). The van der Waals surface area contributed by atoms with Crippen molar-refractivity contribution in [3.63, 3.8) is 0 Å². The zero-order chi connectivity index (χ0) is 13.0. The fraction of sp³-hybridized carbons (Fsp3) is 0.583. The second-order valence-corrected chi connectivity index (χ2v) is 4.67. The Labute approximate surface area is 105 Å². The third kappa shape index (κ3) is 2.59. The van der Waals surface area contributed by atoms with Gasteiger partial charge in [0, 0.05) is 12.6 Å². The Kier molecular flexibility index (Phi) is 3.76. The van der Waals surface area contributed by atoms with E-state index in [1.165, 1.54) is 12.1 Å².